The summed E-state index contributed by atoms with van der Waals surface area (Å²) in [5.41, 5.74) is 0. The molecule has 0 spiro atoms. The van der Waals surface area contributed by atoms with Gasteiger partial charge in [0.05, 0.1) is 17.9 Å². The van der Waals surface area contributed by atoms with Gasteiger partial charge in [0.25, 0.3) is 0 Å². The highest BCUT2D eigenvalue weighted by Crippen LogP contribution is 2.24. The molecule has 1 atom stereocenters. The van der Waals surface area contributed by atoms with Gasteiger partial charge < -0.3 is 9.47 Å². The first-order chi connectivity index (χ1) is 11.4. The average Bonchev–Trinajstić information content (AvgIpc) is 2.61. The number of esters is 2. The minimum atomic E-state index is -3.54. The molecule has 24 heavy (non-hydrogen) atoms. The van der Waals surface area contributed by atoms with Gasteiger partial charge in [-0.05, 0) is 31.9 Å². The van der Waals surface area contributed by atoms with E-state index in [-0.39, 0.29) is 18.0 Å². The van der Waals surface area contributed by atoms with Crippen LogP contribution in [0.5, 0.6) is 0 Å². The van der Waals surface area contributed by atoms with Crippen LogP contribution in [0.3, 0.4) is 0 Å². The van der Waals surface area contributed by atoms with Gasteiger partial charge in [-0.3, -0.25) is 4.79 Å². The second-order valence-corrected chi connectivity index (χ2v) is 7.53. The molecule has 1 fully saturated rings. The molecule has 1 saturated heterocycles. The Hall–Kier alpha value is -1.93. The zero-order valence-electron chi connectivity index (χ0n) is 13.7. The van der Waals surface area contributed by atoms with Crippen molar-refractivity contribution < 1.29 is 27.5 Å². The molecule has 0 bridgehead atoms. The van der Waals surface area contributed by atoms with E-state index < -0.39 is 34.0 Å². The Morgan fingerprint density at radius 3 is 2.29 bits per heavy atom. The van der Waals surface area contributed by atoms with Crippen LogP contribution in [0, 0.1) is 5.92 Å². The first kappa shape index (κ1) is 18.4. The first-order valence-corrected chi connectivity index (χ1v) is 9.13. The Kier molecular flexibility index (Phi) is 5.95. The average molecular weight is 355 g/mol. The fraction of sp³-hybridized carbons (Fsp3) is 0.500. The zero-order chi connectivity index (χ0) is 17.7. The van der Waals surface area contributed by atoms with E-state index in [0.717, 1.165) is 0 Å². The van der Waals surface area contributed by atoms with Crippen molar-refractivity contribution in [3.63, 3.8) is 0 Å². The summed E-state index contributed by atoms with van der Waals surface area (Å²) in [6, 6.07) is 8.20. The number of hydrogen-bond donors (Lipinski definition) is 0. The molecule has 2 rings (SSSR count). The normalized spacial score (nSPS) is 17.9. The summed E-state index contributed by atoms with van der Waals surface area (Å²) in [5, 5.41) is 0. The van der Waals surface area contributed by atoms with E-state index in [1.807, 2.05) is 0 Å². The van der Waals surface area contributed by atoms with Gasteiger partial charge in [0.15, 0.2) is 6.10 Å². The lowest BCUT2D eigenvalue weighted by molar-refractivity contribution is -0.168. The van der Waals surface area contributed by atoms with Crippen LogP contribution < -0.4 is 0 Å². The van der Waals surface area contributed by atoms with Gasteiger partial charge in [0.1, 0.15) is 0 Å². The molecule has 7 nitrogen and oxygen atoms in total. The lowest BCUT2D eigenvalue weighted by Crippen LogP contribution is -2.41. The Balaban J connectivity index is 1.94. The maximum Gasteiger partial charge on any atom is 0.346 e. The SMILES string of the molecule is COC(=O)[C@@H](C)OC(=O)C1CCN(S(=O)(=O)c2ccccc2)CC1. The van der Waals surface area contributed by atoms with Crippen LogP contribution in [0.15, 0.2) is 35.2 Å². The maximum absolute atomic E-state index is 12.5. The van der Waals surface area contributed by atoms with Crippen LogP contribution in [0.25, 0.3) is 0 Å². The van der Waals surface area contributed by atoms with E-state index >= 15 is 0 Å². The third-order valence-electron chi connectivity index (χ3n) is 3.99. The molecular formula is C16H21NO6S. The van der Waals surface area contributed by atoms with Gasteiger partial charge in [-0.2, -0.15) is 4.31 Å². The van der Waals surface area contributed by atoms with Crippen molar-refractivity contribution in [3.05, 3.63) is 30.3 Å². The van der Waals surface area contributed by atoms with E-state index in [1.54, 1.807) is 30.3 Å². The van der Waals surface area contributed by atoms with Gasteiger partial charge in [0, 0.05) is 13.1 Å². The molecule has 1 aromatic rings. The van der Waals surface area contributed by atoms with E-state index in [0.29, 0.717) is 12.8 Å². The summed E-state index contributed by atoms with van der Waals surface area (Å²) in [5.74, 6) is -1.53. The quantitative estimate of drug-likeness (QED) is 0.737. The number of sulfonamides is 1. The molecule has 132 valence electrons. The molecule has 0 amide bonds. The first-order valence-electron chi connectivity index (χ1n) is 7.69. The summed E-state index contributed by atoms with van der Waals surface area (Å²) in [7, 11) is -2.32. The van der Waals surface area contributed by atoms with Crippen molar-refractivity contribution in [1.82, 2.24) is 4.31 Å². The molecule has 0 aromatic heterocycles. The van der Waals surface area contributed by atoms with E-state index in [1.165, 1.54) is 18.3 Å². The van der Waals surface area contributed by atoms with E-state index in [4.69, 9.17) is 4.74 Å². The van der Waals surface area contributed by atoms with Crippen LogP contribution in [-0.4, -0.2) is 51.0 Å². The number of ether oxygens (including phenoxy) is 2. The highest BCUT2D eigenvalue weighted by Gasteiger charge is 2.33. The predicted octanol–water partition coefficient (Wildman–Crippen LogP) is 1.19. The lowest BCUT2D eigenvalue weighted by Gasteiger charge is -2.30. The van der Waals surface area contributed by atoms with Crippen molar-refractivity contribution in [2.24, 2.45) is 5.92 Å². The largest absolute Gasteiger partial charge is 0.466 e. The van der Waals surface area contributed by atoms with Crippen LogP contribution in [0.4, 0.5) is 0 Å². The molecule has 8 heteroatoms. The fourth-order valence-corrected chi connectivity index (χ4v) is 4.05. The summed E-state index contributed by atoms with van der Waals surface area (Å²) < 4.78 is 36.0. The number of hydrogen-bond acceptors (Lipinski definition) is 6. The molecule has 0 unspecified atom stereocenters. The predicted molar refractivity (Wildman–Crippen MR) is 85.5 cm³/mol. The van der Waals surface area contributed by atoms with E-state index in [2.05, 4.69) is 4.74 Å². The van der Waals surface area contributed by atoms with Crippen molar-refractivity contribution in [1.29, 1.82) is 0 Å². The Bertz CT molecular complexity index is 680. The second-order valence-electron chi connectivity index (χ2n) is 5.59. The number of carbonyl (C=O) groups is 2. The number of carbonyl (C=O) groups excluding carboxylic acids is 2. The Labute approximate surface area is 141 Å². The maximum atomic E-state index is 12.5. The third-order valence-corrected chi connectivity index (χ3v) is 5.91. The van der Waals surface area contributed by atoms with Crippen LogP contribution in [0.2, 0.25) is 0 Å². The zero-order valence-corrected chi connectivity index (χ0v) is 14.5. The standard InChI is InChI=1S/C16H21NO6S/c1-12(15(18)22-2)23-16(19)13-8-10-17(11-9-13)24(20,21)14-6-4-3-5-7-14/h3-7,12-13H,8-11H2,1-2H3/t12-/m1/s1. The fourth-order valence-electron chi connectivity index (χ4n) is 2.56. The van der Waals surface area contributed by atoms with Crippen molar-refractivity contribution >= 4 is 22.0 Å². The highest BCUT2D eigenvalue weighted by atomic mass is 32.2. The van der Waals surface area contributed by atoms with Crippen molar-refractivity contribution in [2.75, 3.05) is 20.2 Å². The number of rotatable bonds is 5. The number of nitrogens with zero attached hydrogens (tertiary/aromatic N) is 1. The second kappa shape index (κ2) is 7.76. The molecule has 1 aliphatic heterocycles. The molecule has 1 aliphatic rings. The third kappa shape index (κ3) is 4.12. The summed E-state index contributed by atoms with van der Waals surface area (Å²) in [4.78, 5) is 23.6. The number of benzene rings is 1. The molecule has 1 aromatic carbocycles. The summed E-state index contributed by atoms with van der Waals surface area (Å²) >= 11 is 0. The molecular weight excluding hydrogens is 334 g/mol. The molecule has 0 saturated carbocycles. The monoisotopic (exact) mass is 355 g/mol. The minimum Gasteiger partial charge on any atom is -0.466 e. The van der Waals surface area contributed by atoms with Gasteiger partial charge >= 0.3 is 11.9 Å². The molecule has 0 N–H and O–H groups in total. The van der Waals surface area contributed by atoms with E-state index in [9.17, 15) is 18.0 Å². The van der Waals surface area contributed by atoms with Crippen LogP contribution in [-0.2, 0) is 29.1 Å². The van der Waals surface area contributed by atoms with Crippen LogP contribution in [0.1, 0.15) is 19.8 Å². The number of methoxy groups -OCH3 is 1. The number of piperidine rings is 1. The smallest absolute Gasteiger partial charge is 0.346 e. The highest BCUT2D eigenvalue weighted by molar-refractivity contribution is 7.89. The van der Waals surface area contributed by atoms with Crippen molar-refractivity contribution in [3.8, 4) is 0 Å². The van der Waals surface area contributed by atoms with Gasteiger partial charge in [-0.25, -0.2) is 13.2 Å². The van der Waals surface area contributed by atoms with Gasteiger partial charge in [-0.15, -0.1) is 0 Å². The summed E-state index contributed by atoms with van der Waals surface area (Å²) in [6.45, 7) is 1.92. The topological polar surface area (TPSA) is 90.0 Å². The lowest BCUT2D eigenvalue weighted by atomic mass is 9.98. The molecule has 0 aliphatic carbocycles. The van der Waals surface area contributed by atoms with Crippen LogP contribution >= 0.6 is 0 Å². The van der Waals surface area contributed by atoms with Crippen molar-refractivity contribution in [2.45, 2.75) is 30.8 Å². The van der Waals surface area contributed by atoms with Gasteiger partial charge in [-0.1, -0.05) is 18.2 Å². The Morgan fingerprint density at radius 1 is 1.17 bits per heavy atom. The summed E-state index contributed by atoms with van der Waals surface area (Å²) in [6.07, 6.45) is -0.244. The molecule has 1 heterocycles. The van der Waals surface area contributed by atoms with Gasteiger partial charge in [0.2, 0.25) is 10.0 Å². The Morgan fingerprint density at radius 2 is 1.75 bits per heavy atom. The molecule has 0 radical (unpaired) electrons. The minimum absolute atomic E-state index is 0.240.